The molecule has 3 rings (SSSR count). The highest BCUT2D eigenvalue weighted by Crippen LogP contribution is 2.20. The monoisotopic (exact) mass is 384 g/mol. The van der Waals surface area contributed by atoms with Crippen LogP contribution in [0.15, 0.2) is 47.1 Å². The molecule has 6 nitrogen and oxygen atoms in total. The van der Waals surface area contributed by atoms with Crippen molar-refractivity contribution in [3.05, 3.63) is 54.0 Å². The first-order chi connectivity index (χ1) is 13.7. The number of likely N-dealkylation sites (tertiary alicyclic amines) is 1. The first kappa shape index (κ1) is 20.0. The van der Waals surface area contributed by atoms with Gasteiger partial charge in [-0.3, -0.25) is 9.59 Å². The maximum atomic E-state index is 12.4. The molecule has 0 saturated carbocycles. The van der Waals surface area contributed by atoms with Crippen LogP contribution in [0.2, 0.25) is 0 Å². The predicted molar refractivity (Wildman–Crippen MR) is 106 cm³/mol. The molecule has 0 spiro atoms. The van der Waals surface area contributed by atoms with E-state index in [9.17, 15) is 9.59 Å². The van der Waals surface area contributed by atoms with E-state index in [1.165, 1.54) is 0 Å². The SMILES string of the molecule is CCCCOc1ccc(CCNC(=O)C2CC(=O)N(Cc3ccco3)C2)cc1. The summed E-state index contributed by atoms with van der Waals surface area (Å²) < 4.78 is 10.9. The Bertz CT molecular complexity index is 755. The number of nitrogens with zero attached hydrogens (tertiary/aromatic N) is 1. The van der Waals surface area contributed by atoms with Crippen LogP contribution in [0.25, 0.3) is 0 Å². The van der Waals surface area contributed by atoms with Gasteiger partial charge in [0.05, 0.1) is 25.3 Å². The molecule has 2 heterocycles. The van der Waals surface area contributed by atoms with Crippen molar-refractivity contribution in [3.63, 3.8) is 0 Å². The topological polar surface area (TPSA) is 71.8 Å². The van der Waals surface area contributed by atoms with Gasteiger partial charge in [-0.25, -0.2) is 0 Å². The minimum atomic E-state index is -0.295. The van der Waals surface area contributed by atoms with E-state index in [0.29, 0.717) is 19.6 Å². The number of benzene rings is 1. The second-order valence-corrected chi connectivity index (χ2v) is 7.14. The highest BCUT2D eigenvalue weighted by molar-refractivity contribution is 5.89. The number of carbonyl (C=O) groups excluding carboxylic acids is 2. The summed E-state index contributed by atoms with van der Waals surface area (Å²) in [7, 11) is 0. The molecule has 1 aliphatic rings. The fourth-order valence-corrected chi connectivity index (χ4v) is 3.25. The van der Waals surface area contributed by atoms with Gasteiger partial charge in [-0.2, -0.15) is 0 Å². The Balaban J connectivity index is 1.39. The lowest BCUT2D eigenvalue weighted by Crippen LogP contribution is -2.34. The number of hydrogen-bond acceptors (Lipinski definition) is 4. The van der Waals surface area contributed by atoms with Crippen LogP contribution < -0.4 is 10.1 Å². The highest BCUT2D eigenvalue weighted by Gasteiger charge is 2.34. The lowest BCUT2D eigenvalue weighted by atomic mass is 10.1. The number of nitrogens with one attached hydrogen (secondary N) is 1. The summed E-state index contributed by atoms with van der Waals surface area (Å²) in [6, 6.07) is 11.6. The number of amides is 2. The number of hydrogen-bond donors (Lipinski definition) is 1. The van der Waals surface area contributed by atoms with Crippen LogP contribution >= 0.6 is 0 Å². The zero-order chi connectivity index (χ0) is 19.8. The van der Waals surface area contributed by atoms with Crippen LogP contribution in [0.3, 0.4) is 0 Å². The van der Waals surface area contributed by atoms with Crippen LogP contribution in [-0.2, 0) is 22.6 Å². The summed E-state index contributed by atoms with van der Waals surface area (Å²) in [6.45, 7) is 4.29. The molecular formula is C22H28N2O4. The minimum absolute atomic E-state index is 0.00443. The van der Waals surface area contributed by atoms with Crippen LogP contribution in [-0.4, -0.2) is 36.4 Å². The lowest BCUT2D eigenvalue weighted by molar-refractivity contribution is -0.129. The van der Waals surface area contributed by atoms with Crippen LogP contribution in [0.1, 0.15) is 37.5 Å². The second-order valence-electron chi connectivity index (χ2n) is 7.14. The molecule has 1 atom stereocenters. The summed E-state index contributed by atoms with van der Waals surface area (Å²) in [6.07, 6.45) is 4.76. The Morgan fingerprint density at radius 2 is 2.11 bits per heavy atom. The second kappa shape index (κ2) is 9.97. The van der Waals surface area contributed by atoms with Crippen LogP contribution in [0.4, 0.5) is 0 Å². The van der Waals surface area contributed by atoms with E-state index in [2.05, 4.69) is 12.2 Å². The Morgan fingerprint density at radius 3 is 2.82 bits per heavy atom. The molecule has 0 bridgehead atoms. The van der Waals surface area contributed by atoms with Gasteiger partial charge in [-0.1, -0.05) is 25.5 Å². The normalized spacial score (nSPS) is 16.4. The molecule has 1 aromatic carbocycles. The van der Waals surface area contributed by atoms with Crippen LogP contribution in [0.5, 0.6) is 5.75 Å². The van der Waals surface area contributed by atoms with Crippen molar-refractivity contribution in [2.75, 3.05) is 19.7 Å². The molecule has 2 amide bonds. The van der Waals surface area contributed by atoms with Crippen molar-refractivity contribution < 1.29 is 18.7 Å². The minimum Gasteiger partial charge on any atom is -0.494 e. The molecule has 0 radical (unpaired) electrons. The van der Waals surface area contributed by atoms with E-state index in [0.717, 1.165) is 42.9 Å². The van der Waals surface area contributed by atoms with Gasteiger partial charge in [0.15, 0.2) is 0 Å². The Kier molecular flexibility index (Phi) is 7.12. The van der Waals surface area contributed by atoms with E-state index in [1.54, 1.807) is 17.2 Å². The molecule has 1 fully saturated rings. The molecular weight excluding hydrogens is 356 g/mol. The fourth-order valence-electron chi connectivity index (χ4n) is 3.25. The molecule has 1 unspecified atom stereocenters. The molecule has 1 saturated heterocycles. The van der Waals surface area contributed by atoms with Crippen molar-refractivity contribution in [1.29, 1.82) is 0 Å². The van der Waals surface area contributed by atoms with Gasteiger partial charge >= 0.3 is 0 Å². The number of carbonyl (C=O) groups is 2. The third kappa shape index (κ3) is 5.62. The van der Waals surface area contributed by atoms with Gasteiger partial charge in [0, 0.05) is 19.5 Å². The van der Waals surface area contributed by atoms with E-state index in [-0.39, 0.29) is 24.2 Å². The molecule has 1 aliphatic heterocycles. The summed E-state index contributed by atoms with van der Waals surface area (Å²) in [5.41, 5.74) is 1.14. The van der Waals surface area contributed by atoms with Crippen molar-refractivity contribution >= 4 is 11.8 Å². The van der Waals surface area contributed by atoms with E-state index in [4.69, 9.17) is 9.15 Å². The summed E-state index contributed by atoms with van der Waals surface area (Å²) in [5.74, 6) is 1.25. The molecule has 6 heteroatoms. The predicted octanol–water partition coefficient (Wildman–Crippen LogP) is 3.17. The van der Waals surface area contributed by atoms with Gasteiger partial charge in [0.2, 0.25) is 11.8 Å². The first-order valence-corrected chi connectivity index (χ1v) is 9.95. The summed E-state index contributed by atoms with van der Waals surface area (Å²) >= 11 is 0. The van der Waals surface area contributed by atoms with E-state index < -0.39 is 0 Å². The first-order valence-electron chi connectivity index (χ1n) is 9.95. The molecule has 0 aliphatic carbocycles. The van der Waals surface area contributed by atoms with Crippen molar-refractivity contribution in [3.8, 4) is 5.75 Å². The third-order valence-electron chi connectivity index (χ3n) is 4.91. The van der Waals surface area contributed by atoms with Crippen molar-refractivity contribution in [1.82, 2.24) is 10.2 Å². The quantitative estimate of drug-likeness (QED) is 0.639. The van der Waals surface area contributed by atoms with E-state index in [1.807, 2.05) is 30.3 Å². The van der Waals surface area contributed by atoms with Gasteiger partial charge < -0.3 is 19.4 Å². The molecule has 150 valence electrons. The van der Waals surface area contributed by atoms with Crippen LogP contribution in [0, 0.1) is 5.92 Å². The van der Waals surface area contributed by atoms with Crippen molar-refractivity contribution in [2.24, 2.45) is 5.92 Å². The highest BCUT2D eigenvalue weighted by atomic mass is 16.5. The largest absolute Gasteiger partial charge is 0.494 e. The number of ether oxygens (including phenoxy) is 1. The van der Waals surface area contributed by atoms with Gasteiger partial charge in [0.25, 0.3) is 0 Å². The molecule has 2 aromatic rings. The maximum absolute atomic E-state index is 12.4. The molecule has 1 N–H and O–H groups in total. The third-order valence-corrected chi connectivity index (χ3v) is 4.91. The van der Waals surface area contributed by atoms with E-state index >= 15 is 0 Å². The number of unbranched alkanes of at least 4 members (excludes halogenated alkanes) is 1. The average Bonchev–Trinajstić information content (AvgIpc) is 3.34. The number of furan rings is 1. The molecule has 1 aromatic heterocycles. The Morgan fingerprint density at radius 1 is 1.29 bits per heavy atom. The van der Waals surface area contributed by atoms with Gasteiger partial charge in [-0.15, -0.1) is 0 Å². The van der Waals surface area contributed by atoms with Crippen molar-refractivity contribution in [2.45, 2.75) is 39.2 Å². The Labute approximate surface area is 165 Å². The smallest absolute Gasteiger partial charge is 0.225 e. The summed E-state index contributed by atoms with van der Waals surface area (Å²) in [5, 5.41) is 2.96. The summed E-state index contributed by atoms with van der Waals surface area (Å²) in [4.78, 5) is 26.2. The number of rotatable bonds is 10. The maximum Gasteiger partial charge on any atom is 0.225 e. The van der Waals surface area contributed by atoms with Gasteiger partial charge in [-0.05, 0) is 42.7 Å². The lowest BCUT2D eigenvalue weighted by Gasteiger charge is -2.15. The fraction of sp³-hybridized carbons (Fsp3) is 0.455. The zero-order valence-corrected chi connectivity index (χ0v) is 16.4. The Hall–Kier alpha value is -2.76. The average molecular weight is 384 g/mol. The zero-order valence-electron chi connectivity index (χ0n) is 16.4. The molecule has 28 heavy (non-hydrogen) atoms. The van der Waals surface area contributed by atoms with Gasteiger partial charge in [0.1, 0.15) is 11.5 Å². The standard InChI is InChI=1S/C22H28N2O4/c1-2-3-12-27-19-8-6-17(7-9-19)10-11-23-22(26)18-14-21(25)24(15-18)16-20-5-4-13-28-20/h4-9,13,18H,2-3,10-12,14-16H2,1H3,(H,23,26).